The van der Waals surface area contributed by atoms with Crippen molar-refractivity contribution in [3.63, 3.8) is 0 Å². The predicted molar refractivity (Wildman–Crippen MR) is 116 cm³/mol. The number of aryl methyl sites for hydroxylation is 1. The van der Waals surface area contributed by atoms with Gasteiger partial charge in [0.1, 0.15) is 5.75 Å². The van der Waals surface area contributed by atoms with Gasteiger partial charge in [0.05, 0.1) is 18.7 Å². The Morgan fingerprint density at radius 3 is 2.52 bits per heavy atom. The highest BCUT2D eigenvalue weighted by atomic mass is 19.4. The van der Waals surface area contributed by atoms with Crippen molar-refractivity contribution >= 4 is 5.91 Å². The van der Waals surface area contributed by atoms with Crippen LogP contribution >= 0.6 is 0 Å². The number of halogens is 3. The Kier molecular flexibility index (Phi) is 7.73. The van der Waals surface area contributed by atoms with Crippen LogP contribution in [0.2, 0.25) is 0 Å². The molecule has 9 heteroatoms. The van der Waals surface area contributed by atoms with E-state index in [-0.39, 0.29) is 24.7 Å². The Balaban J connectivity index is 1.63. The van der Waals surface area contributed by atoms with Gasteiger partial charge >= 0.3 is 6.18 Å². The lowest BCUT2D eigenvalue weighted by Crippen LogP contribution is -2.30. The van der Waals surface area contributed by atoms with Gasteiger partial charge < -0.3 is 14.6 Å². The van der Waals surface area contributed by atoms with Crippen LogP contribution in [0.1, 0.15) is 49.7 Å². The van der Waals surface area contributed by atoms with Gasteiger partial charge in [0.25, 0.3) is 0 Å². The number of benzene rings is 2. The minimum Gasteiger partial charge on any atom is -0.497 e. The van der Waals surface area contributed by atoms with Gasteiger partial charge in [-0.25, -0.2) is 0 Å². The second-order valence-corrected chi connectivity index (χ2v) is 8.11. The van der Waals surface area contributed by atoms with E-state index in [0.29, 0.717) is 29.4 Å². The fourth-order valence-electron chi connectivity index (χ4n) is 3.38. The number of hydrogen-bond donors (Lipinski definition) is 1. The van der Waals surface area contributed by atoms with Crippen LogP contribution < -0.4 is 10.1 Å². The van der Waals surface area contributed by atoms with Gasteiger partial charge in [0.2, 0.25) is 17.6 Å². The first-order chi connectivity index (χ1) is 15.7. The van der Waals surface area contributed by atoms with E-state index in [9.17, 15) is 18.0 Å². The summed E-state index contributed by atoms with van der Waals surface area (Å²) in [4.78, 5) is 16.9. The molecule has 0 aliphatic heterocycles. The van der Waals surface area contributed by atoms with Gasteiger partial charge in [0, 0.05) is 18.4 Å². The molecule has 33 heavy (non-hydrogen) atoms. The largest absolute Gasteiger partial charge is 0.497 e. The topological polar surface area (TPSA) is 77.2 Å². The van der Waals surface area contributed by atoms with Crippen molar-refractivity contribution in [3.8, 4) is 17.1 Å². The lowest BCUT2D eigenvalue weighted by molar-refractivity contribution is -0.137. The van der Waals surface area contributed by atoms with E-state index in [0.717, 1.165) is 17.7 Å². The quantitative estimate of drug-likeness (QED) is 0.449. The van der Waals surface area contributed by atoms with Crippen LogP contribution in [0.25, 0.3) is 11.4 Å². The summed E-state index contributed by atoms with van der Waals surface area (Å²) in [6, 6.07) is 11.7. The van der Waals surface area contributed by atoms with Gasteiger partial charge in [-0.15, -0.1) is 0 Å². The van der Waals surface area contributed by atoms with E-state index in [1.165, 1.54) is 6.07 Å². The number of carbonyl (C=O) groups excluding carboxylic acids is 1. The molecule has 0 saturated heterocycles. The lowest BCUT2D eigenvalue weighted by Gasteiger charge is -2.22. The summed E-state index contributed by atoms with van der Waals surface area (Å²) in [6.45, 7) is 3.90. The number of nitrogens with zero attached hydrogens (tertiary/aromatic N) is 2. The molecule has 1 amide bonds. The summed E-state index contributed by atoms with van der Waals surface area (Å²) in [6.07, 6.45) is -3.65. The first-order valence-corrected chi connectivity index (χ1v) is 10.6. The maximum Gasteiger partial charge on any atom is 0.416 e. The first kappa shape index (κ1) is 24.3. The highest BCUT2D eigenvalue weighted by Crippen LogP contribution is 2.32. The molecule has 0 bridgehead atoms. The zero-order chi connectivity index (χ0) is 24.0. The maximum atomic E-state index is 13.1. The van der Waals surface area contributed by atoms with Crippen molar-refractivity contribution < 1.29 is 27.2 Å². The second-order valence-electron chi connectivity index (χ2n) is 8.11. The molecular formula is C24H26F3N3O3. The van der Waals surface area contributed by atoms with Crippen molar-refractivity contribution in [1.82, 2.24) is 15.5 Å². The summed E-state index contributed by atoms with van der Waals surface area (Å²) in [7, 11) is 1.57. The van der Waals surface area contributed by atoms with E-state index in [2.05, 4.69) is 15.5 Å². The van der Waals surface area contributed by atoms with Crippen LogP contribution in [0, 0.1) is 5.92 Å². The van der Waals surface area contributed by atoms with Crippen LogP contribution in [-0.2, 0) is 17.4 Å². The molecule has 0 aliphatic rings. The standard InChI is InChI=1S/C24H26F3N3O3/c1-15(2)13-20(17-5-4-6-18(14-17)24(25,26)27)28-21(31)11-12-22-29-23(30-33-22)16-7-9-19(32-3)10-8-16/h4-10,14-15,20H,11-13H2,1-3H3,(H,28,31)/t20-/m1/s1. The van der Waals surface area contributed by atoms with E-state index in [1.54, 1.807) is 37.4 Å². The Hall–Kier alpha value is -3.36. The number of ether oxygens (including phenoxy) is 1. The van der Waals surface area contributed by atoms with Gasteiger partial charge in [-0.1, -0.05) is 31.1 Å². The van der Waals surface area contributed by atoms with Crippen molar-refractivity contribution in [2.45, 2.75) is 45.3 Å². The smallest absolute Gasteiger partial charge is 0.416 e. The van der Waals surface area contributed by atoms with Crippen LogP contribution in [0.3, 0.4) is 0 Å². The third-order valence-electron chi connectivity index (χ3n) is 5.04. The maximum absolute atomic E-state index is 13.1. The SMILES string of the molecule is COc1ccc(-c2noc(CCC(=O)N[C@H](CC(C)C)c3cccc(C(F)(F)F)c3)n2)cc1. The number of hydrogen-bond acceptors (Lipinski definition) is 5. The minimum atomic E-state index is -4.44. The third-order valence-corrected chi connectivity index (χ3v) is 5.04. The van der Waals surface area contributed by atoms with E-state index in [4.69, 9.17) is 9.26 Å². The molecule has 2 aromatic carbocycles. The molecule has 0 fully saturated rings. The Morgan fingerprint density at radius 2 is 1.88 bits per heavy atom. The molecule has 176 valence electrons. The Bertz CT molecular complexity index is 1060. The van der Waals surface area contributed by atoms with Gasteiger partial charge in [-0.05, 0) is 54.3 Å². The lowest BCUT2D eigenvalue weighted by atomic mass is 9.95. The fraction of sp³-hybridized carbons (Fsp3) is 0.375. The molecule has 0 radical (unpaired) electrons. The molecule has 1 atom stereocenters. The number of methoxy groups -OCH3 is 1. The zero-order valence-corrected chi connectivity index (χ0v) is 18.6. The van der Waals surface area contributed by atoms with E-state index < -0.39 is 17.8 Å². The van der Waals surface area contributed by atoms with Crippen molar-refractivity contribution in [1.29, 1.82) is 0 Å². The van der Waals surface area contributed by atoms with Gasteiger partial charge in [-0.3, -0.25) is 4.79 Å². The molecule has 1 heterocycles. The number of rotatable bonds is 9. The highest BCUT2D eigenvalue weighted by molar-refractivity contribution is 5.76. The summed E-state index contributed by atoms with van der Waals surface area (Å²) >= 11 is 0. The van der Waals surface area contributed by atoms with Gasteiger partial charge in [-0.2, -0.15) is 18.2 Å². The predicted octanol–water partition coefficient (Wildman–Crippen LogP) is 5.60. The van der Waals surface area contributed by atoms with Crippen LogP contribution in [-0.4, -0.2) is 23.2 Å². The minimum absolute atomic E-state index is 0.0673. The zero-order valence-electron chi connectivity index (χ0n) is 18.6. The first-order valence-electron chi connectivity index (χ1n) is 10.6. The normalized spacial score (nSPS) is 12.6. The molecule has 1 N–H and O–H groups in total. The molecule has 0 unspecified atom stereocenters. The number of aromatic nitrogens is 2. The number of nitrogens with one attached hydrogen (secondary N) is 1. The molecule has 1 aromatic heterocycles. The Morgan fingerprint density at radius 1 is 1.15 bits per heavy atom. The second kappa shape index (κ2) is 10.5. The molecule has 0 spiro atoms. The fourth-order valence-corrected chi connectivity index (χ4v) is 3.38. The average molecular weight is 461 g/mol. The van der Waals surface area contributed by atoms with Crippen molar-refractivity contribution in [3.05, 3.63) is 65.5 Å². The molecule has 3 rings (SSSR count). The number of carbonyl (C=O) groups is 1. The molecule has 6 nitrogen and oxygen atoms in total. The summed E-state index contributed by atoms with van der Waals surface area (Å²) in [5, 5.41) is 6.79. The summed E-state index contributed by atoms with van der Waals surface area (Å²) in [5.41, 5.74) is 0.433. The number of amides is 1. The van der Waals surface area contributed by atoms with E-state index in [1.807, 2.05) is 13.8 Å². The van der Waals surface area contributed by atoms with Crippen LogP contribution in [0.15, 0.2) is 53.1 Å². The summed E-state index contributed by atoms with van der Waals surface area (Å²) in [5.74, 6) is 1.27. The van der Waals surface area contributed by atoms with E-state index >= 15 is 0 Å². The van der Waals surface area contributed by atoms with Crippen molar-refractivity contribution in [2.24, 2.45) is 5.92 Å². The van der Waals surface area contributed by atoms with Crippen LogP contribution in [0.5, 0.6) is 5.75 Å². The third kappa shape index (κ3) is 6.81. The van der Waals surface area contributed by atoms with Gasteiger partial charge in [0.15, 0.2) is 0 Å². The summed E-state index contributed by atoms with van der Waals surface area (Å²) < 4.78 is 49.7. The molecule has 0 aliphatic carbocycles. The average Bonchev–Trinajstić information content (AvgIpc) is 3.26. The van der Waals surface area contributed by atoms with Crippen molar-refractivity contribution in [2.75, 3.05) is 7.11 Å². The molecule has 0 saturated carbocycles. The molecular weight excluding hydrogens is 435 g/mol. The number of alkyl halides is 3. The Labute approximate surface area is 190 Å². The monoisotopic (exact) mass is 461 g/mol. The highest BCUT2D eigenvalue weighted by Gasteiger charge is 2.31. The van der Waals surface area contributed by atoms with Crippen LogP contribution in [0.4, 0.5) is 13.2 Å². The molecule has 3 aromatic rings.